The standard InChI is InChI=1S/C13H16ClFN2O3/c1-13(2,6-5-11(18)19)17-12(20)16-10-4-3-8(15)7-9(10)14/h3-4,7H,5-6H2,1-2H3,(H,18,19)(H2,16,17,20). The Morgan fingerprint density at radius 1 is 1.40 bits per heavy atom. The molecule has 0 heterocycles. The molecule has 1 aromatic carbocycles. The van der Waals surface area contributed by atoms with Crippen LogP contribution in [0.25, 0.3) is 0 Å². The Bertz CT molecular complexity index is 520. The highest BCUT2D eigenvalue weighted by Crippen LogP contribution is 2.22. The minimum Gasteiger partial charge on any atom is -0.481 e. The van der Waals surface area contributed by atoms with E-state index in [0.717, 1.165) is 6.07 Å². The van der Waals surface area contributed by atoms with Crippen LogP contribution in [0.5, 0.6) is 0 Å². The third-order valence-electron chi connectivity index (χ3n) is 2.60. The van der Waals surface area contributed by atoms with Crippen molar-refractivity contribution in [2.24, 2.45) is 0 Å². The Morgan fingerprint density at radius 3 is 2.60 bits per heavy atom. The zero-order valence-corrected chi connectivity index (χ0v) is 11.9. The predicted octanol–water partition coefficient (Wildman–Crippen LogP) is 3.24. The van der Waals surface area contributed by atoms with Crippen LogP contribution in [0.2, 0.25) is 5.02 Å². The Hall–Kier alpha value is -1.82. The van der Waals surface area contributed by atoms with E-state index in [1.54, 1.807) is 13.8 Å². The van der Waals surface area contributed by atoms with E-state index in [2.05, 4.69) is 10.6 Å². The molecule has 0 saturated heterocycles. The van der Waals surface area contributed by atoms with E-state index in [1.165, 1.54) is 12.1 Å². The number of carboxylic acid groups (broad SMARTS) is 1. The van der Waals surface area contributed by atoms with E-state index in [0.29, 0.717) is 0 Å². The summed E-state index contributed by atoms with van der Waals surface area (Å²) in [6.07, 6.45) is 0.234. The van der Waals surface area contributed by atoms with Crippen LogP contribution in [-0.4, -0.2) is 22.6 Å². The van der Waals surface area contributed by atoms with Gasteiger partial charge in [-0.25, -0.2) is 9.18 Å². The summed E-state index contributed by atoms with van der Waals surface area (Å²) in [4.78, 5) is 22.3. The maximum atomic E-state index is 12.9. The van der Waals surface area contributed by atoms with E-state index in [4.69, 9.17) is 16.7 Å². The molecule has 0 aliphatic heterocycles. The summed E-state index contributed by atoms with van der Waals surface area (Å²) in [6.45, 7) is 3.42. The lowest BCUT2D eigenvalue weighted by Gasteiger charge is -2.25. The van der Waals surface area contributed by atoms with Gasteiger partial charge in [0.25, 0.3) is 0 Å². The molecule has 0 aromatic heterocycles. The van der Waals surface area contributed by atoms with Gasteiger partial charge in [0, 0.05) is 12.0 Å². The zero-order valence-electron chi connectivity index (χ0n) is 11.2. The number of rotatable bonds is 5. The van der Waals surface area contributed by atoms with Gasteiger partial charge in [-0.15, -0.1) is 0 Å². The Morgan fingerprint density at radius 2 is 2.05 bits per heavy atom. The molecule has 0 bridgehead atoms. The van der Waals surface area contributed by atoms with Crippen molar-refractivity contribution in [2.45, 2.75) is 32.2 Å². The number of carbonyl (C=O) groups is 2. The van der Waals surface area contributed by atoms with Crippen molar-refractivity contribution in [3.63, 3.8) is 0 Å². The van der Waals surface area contributed by atoms with E-state index in [1.807, 2.05) is 0 Å². The largest absolute Gasteiger partial charge is 0.481 e. The van der Waals surface area contributed by atoms with Crippen molar-refractivity contribution in [3.05, 3.63) is 29.0 Å². The Labute approximate surface area is 121 Å². The zero-order chi connectivity index (χ0) is 15.3. The van der Waals surface area contributed by atoms with Crippen LogP contribution in [0.15, 0.2) is 18.2 Å². The normalized spacial score (nSPS) is 11.0. The monoisotopic (exact) mass is 302 g/mol. The molecule has 0 aliphatic rings. The number of hydrogen-bond donors (Lipinski definition) is 3. The number of amides is 2. The Balaban J connectivity index is 2.60. The summed E-state index contributed by atoms with van der Waals surface area (Å²) in [5.41, 5.74) is -0.408. The number of carbonyl (C=O) groups excluding carboxylic acids is 1. The molecule has 20 heavy (non-hydrogen) atoms. The van der Waals surface area contributed by atoms with Gasteiger partial charge in [0.2, 0.25) is 0 Å². The lowest BCUT2D eigenvalue weighted by atomic mass is 9.99. The summed E-state index contributed by atoms with van der Waals surface area (Å²) >= 11 is 5.79. The minimum atomic E-state index is -0.929. The van der Waals surface area contributed by atoms with Crippen LogP contribution < -0.4 is 10.6 Å². The molecule has 5 nitrogen and oxygen atoms in total. The lowest BCUT2D eigenvalue weighted by molar-refractivity contribution is -0.137. The molecule has 0 atom stereocenters. The van der Waals surface area contributed by atoms with Crippen LogP contribution >= 0.6 is 11.6 Å². The molecule has 7 heteroatoms. The first-order valence-corrected chi connectivity index (χ1v) is 6.33. The van der Waals surface area contributed by atoms with Gasteiger partial charge >= 0.3 is 12.0 Å². The average molecular weight is 303 g/mol. The second kappa shape index (κ2) is 6.56. The fraction of sp³-hybridized carbons (Fsp3) is 0.385. The topological polar surface area (TPSA) is 78.4 Å². The van der Waals surface area contributed by atoms with Crippen LogP contribution in [0.3, 0.4) is 0 Å². The van der Waals surface area contributed by atoms with Crippen molar-refractivity contribution < 1.29 is 19.1 Å². The van der Waals surface area contributed by atoms with E-state index in [9.17, 15) is 14.0 Å². The molecule has 1 aromatic rings. The molecular weight excluding hydrogens is 287 g/mol. The third-order valence-corrected chi connectivity index (χ3v) is 2.91. The van der Waals surface area contributed by atoms with Crippen molar-refractivity contribution in [2.75, 3.05) is 5.32 Å². The maximum absolute atomic E-state index is 12.9. The minimum absolute atomic E-state index is 0.0510. The molecule has 0 aliphatic carbocycles. The van der Waals surface area contributed by atoms with Gasteiger partial charge in [0.05, 0.1) is 10.7 Å². The fourth-order valence-corrected chi connectivity index (χ4v) is 1.75. The number of nitrogens with one attached hydrogen (secondary N) is 2. The molecule has 0 spiro atoms. The third kappa shape index (κ3) is 5.44. The maximum Gasteiger partial charge on any atom is 0.319 e. The summed E-state index contributed by atoms with van der Waals surface area (Å²) in [6, 6.07) is 3.08. The molecule has 0 fully saturated rings. The molecule has 3 N–H and O–H groups in total. The highest BCUT2D eigenvalue weighted by atomic mass is 35.5. The van der Waals surface area contributed by atoms with Gasteiger partial charge in [0.1, 0.15) is 5.82 Å². The molecule has 0 saturated carbocycles. The van der Waals surface area contributed by atoms with Crippen molar-refractivity contribution in [1.82, 2.24) is 5.32 Å². The van der Waals surface area contributed by atoms with Gasteiger partial charge in [-0.05, 0) is 38.5 Å². The smallest absolute Gasteiger partial charge is 0.319 e. The molecule has 110 valence electrons. The number of benzene rings is 1. The van der Waals surface area contributed by atoms with Gasteiger partial charge in [-0.2, -0.15) is 0 Å². The summed E-state index contributed by atoms with van der Waals surface area (Å²) in [5.74, 6) is -1.43. The molecular formula is C13H16ClFN2O3. The van der Waals surface area contributed by atoms with Crippen LogP contribution in [0.4, 0.5) is 14.9 Å². The van der Waals surface area contributed by atoms with Crippen LogP contribution in [0, 0.1) is 5.82 Å². The quantitative estimate of drug-likeness (QED) is 0.781. The molecule has 0 unspecified atom stereocenters. The fourth-order valence-electron chi connectivity index (χ4n) is 1.53. The van der Waals surface area contributed by atoms with Crippen molar-refractivity contribution in [1.29, 1.82) is 0 Å². The first-order valence-electron chi connectivity index (χ1n) is 5.95. The SMILES string of the molecule is CC(C)(CCC(=O)O)NC(=O)Nc1ccc(F)cc1Cl. The van der Waals surface area contributed by atoms with E-state index >= 15 is 0 Å². The number of urea groups is 1. The van der Waals surface area contributed by atoms with Gasteiger partial charge in [-0.3, -0.25) is 4.79 Å². The van der Waals surface area contributed by atoms with Crippen LogP contribution in [0.1, 0.15) is 26.7 Å². The van der Waals surface area contributed by atoms with Gasteiger partial charge in [0.15, 0.2) is 0 Å². The first kappa shape index (κ1) is 16.2. The number of halogens is 2. The van der Waals surface area contributed by atoms with Crippen molar-refractivity contribution in [3.8, 4) is 0 Å². The Kier molecular flexibility index (Phi) is 5.33. The second-order valence-electron chi connectivity index (χ2n) is 4.98. The second-order valence-corrected chi connectivity index (χ2v) is 5.39. The number of carboxylic acids is 1. The average Bonchev–Trinajstić information content (AvgIpc) is 2.30. The first-order chi connectivity index (χ1) is 9.19. The summed E-state index contributed by atoms with van der Waals surface area (Å²) in [5, 5.41) is 13.8. The van der Waals surface area contributed by atoms with Crippen LogP contribution in [-0.2, 0) is 4.79 Å². The highest BCUT2D eigenvalue weighted by molar-refractivity contribution is 6.33. The molecule has 2 amide bonds. The molecule has 1 rings (SSSR count). The number of hydrogen-bond acceptors (Lipinski definition) is 2. The van der Waals surface area contributed by atoms with E-state index < -0.39 is 23.4 Å². The lowest BCUT2D eigenvalue weighted by Crippen LogP contribution is -2.45. The number of anilines is 1. The van der Waals surface area contributed by atoms with Gasteiger partial charge in [-0.1, -0.05) is 11.6 Å². The van der Waals surface area contributed by atoms with Gasteiger partial charge < -0.3 is 15.7 Å². The number of aliphatic carboxylic acids is 1. The molecule has 0 radical (unpaired) electrons. The summed E-state index contributed by atoms with van der Waals surface area (Å²) in [7, 11) is 0. The predicted molar refractivity (Wildman–Crippen MR) is 74.5 cm³/mol. The van der Waals surface area contributed by atoms with E-state index in [-0.39, 0.29) is 23.6 Å². The summed E-state index contributed by atoms with van der Waals surface area (Å²) < 4.78 is 12.9. The highest BCUT2D eigenvalue weighted by Gasteiger charge is 2.21. The van der Waals surface area contributed by atoms with Crippen molar-refractivity contribution >= 4 is 29.3 Å².